The molecule has 0 spiro atoms. The second-order valence-corrected chi connectivity index (χ2v) is 4.08. The van der Waals surface area contributed by atoms with Gasteiger partial charge in [0.25, 0.3) is 0 Å². The topological polar surface area (TPSA) is 97.1 Å². The summed E-state index contributed by atoms with van der Waals surface area (Å²) in [5, 5.41) is 5.15. The third-order valence-electron chi connectivity index (χ3n) is 2.22. The van der Waals surface area contributed by atoms with Crippen molar-refractivity contribution in [2.45, 2.75) is 25.8 Å². The molecular formula is C12H20Cl2N4O2. The van der Waals surface area contributed by atoms with Gasteiger partial charge in [0.2, 0.25) is 11.8 Å². The van der Waals surface area contributed by atoms with Crippen molar-refractivity contribution in [1.29, 1.82) is 0 Å². The van der Waals surface area contributed by atoms with Crippen molar-refractivity contribution >= 4 is 42.3 Å². The van der Waals surface area contributed by atoms with Gasteiger partial charge in [-0.2, -0.15) is 0 Å². The van der Waals surface area contributed by atoms with Crippen molar-refractivity contribution in [3.63, 3.8) is 0 Å². The molecule has 1 aromatic heterocycles. The molecule has 0 saturated carbocycles. The first-order valence-corrected chi connectivity index (χ1v) is 5.80. The molecule has 0 fully saturated rings. The van der Waals surface area contributed by atoms with E-state index in [0.29, 0.717) is 18.5 Å². The first-order chi connectivity index (χ1) is 8.58. The smallest absolute Gasteiger partial charge is 0.243 e. The van der Waals surface area contributed by atoms with E-state index < -0.39 is 0 Å². The molecule has 0 saturated heterocycles. The van der Waals surface area contributed by atoms with Crippen molar-refractivity contribution < 1.29 is 9.59 Å². The summed E-state index contributed by atoms with van der Waals surface area (Å²) in [5.41, 5.74) is 6.14. The van der Waals surface area contributed by atoms with Crippen LogP contribution in [0.1, 0.15) is 19.8 Å². The van der Waals surface area contributed by atoms with E-state index in [1.165, 1.54) is 6.20 Å². The van der Waals surface area contributed by atoms with Crippen molar-refractivity contribution in [2.24, 2.45) is 5.73 Å². The third kappa shape index (κ3) is 9.55. The van der Waals surface area contributed by atoms with Crippen LogP contribution in [0.4, 0.5) is 5.69 Å². The Morgan fingerprint density at radius 3 is 2.60 bits per heavy atom. The van der Waals surface area contributed by atoms with Crippen LogP contribution in [0.25, 0.3) is 0 Å². The molecule has 0 bridgehead atoms. The summed E-state index contributed by atoms with van der Waals surface area (Å²) < 4.78 is 0. The molecule has 1 rings (SSSR count). The maximum atomic E-state index is 11.5. The van der Waals surface area contributed by atoms with E-state index in [0.717, 1.165) is 0 Å². The quantitative estimate of drug-likeness (QED) is 0.730. The minimum atomic E-state index is -0.280. The van der Waals surface area contributed by atoms with E-state index in [1.807, 2.05) is 6.92 Å². The second kappa shape index (κ2) is 11.5. The van der Waals surface area contributed by atoms with Crippen LogP contribution < -0.4 is 16.4 Å². The molecule has 0 aliphatic rings. The molecule has 1 heterocycles. The van der Waals surface area contributed by atoms with Gasteiger partial charge in [-0.3, -0.25) is 14.6 Å². The average molecular weight is 323 g/mol. The van der Waals surface area contributed by atoms with Crippen LogP contribution in [0, 0.1) is 0 Å². The van der Waals surface area contributed by atoms with Gasteiger partial charge >= 0.3 is 0 Å². The minimum Gasteiger partial charge on any atom is -0.347 e. The Kier molecular flexibility index (Phi) is 12.0. The van der Waals surface area contributed by atoms with E-state index in [4.69, 9.17) is 5.73 Å². The predicted molar refractivity (Wildman–Crippen MR) is 83.3 cm³/mol. The number of carbonyl (C=O) groups excluding carboxylic acids is 2. The van der Waals surface area contributed by atoms with Gasteiger partial charge < -0.3 is 16.4 Å². The van der Waals surface area contributed by atoms with Crippen LogP contribution in [0.2, 0.25) is 0 Å². The number of aromatic nitrogens is 1. The standard InChI is InChI=1S/C12H18N4O2.2ClH/c1-9(13)4-5-11(17)15-8-12(18)16-10-3-2-6-14-7-10;;/h2-3,6-7,9H,4-5,8,13H2,1H3,(H,15,17)(H,16,18);2*1H. The van der Waals surface area contributed by atoms with Crippen molar-refractivity contribution in [1.82, 2.24) is 10.3 Å². The first kappa shape index (κ1) is 20.9. The van der Waals surface area contributed by atoms with Crippen LogP contribution >= 0.6 is 24.8 Å². The predicted octanol–water partition coefficient (Wildman–Crippen LogP) is 1.11. The van der Waals surface area contributed by atoms with E-state index in [9.17, 15) is 9.59 Å². The molecule has 0 aliphatic heterocycles. The Bertz CT molecular complexity index is 402. The van der Waals surface area contributed by atoms with Gasteiger partial charge in [-0.15, -0.1) is 24.8 Å². The van der Waals surface area contributed by atoms with Crippen LogP contribution in [0.3, 0.4) is 0 Å². The van der Waals surface area contributed by atoms with Crippen LogP contribution in [-0.4, -0.2) is 29.4 Å². The number of amides is 2. The zero-order valence-electron chi connectivity index (χ0n) is 11.2. The van der Waals surface area contributed by atoms with E-state index in [2.05, 4.69) is 15.6 Å². The molecule has 0 aromatic carbocycles. The van der Waals surface area contributed by atoms with E-state index >= 15 is 0 Å². The zero-order valence-corrected chi connectivity index (χ0v) is 12.8. The second-order valence-electron chi connectivity index (χ2n) is 4.08. The molecule has 8 heteroatoms. The fourth-order valence-corrected chi connectivity index (χ4v) is 1.27. The maximum absolute atomic E-state index is 11.5. The number of hydrogen-bond acceptors (Lipinski definition) is 4. The van der Waals surface area contributed by atoms with E-state index in [-0.39, 0.29) is 49.2 Å². The zero-order chi connectivity index (χ0) is 13.4. The number of rotatable bonds is 6. The molecule has 0 aliphatic carbocycles. The maximum Gasteiger partial charge on any atom is 0.243 e. The summed E-state index contributed by atoms with van der Waals surface area (Å²) in [6.45, 7) is 1.79. The van der Waals surface area contributed by atoms with Gasteiger partial charge in [0.15, 0.2) is 0 Å². The lowest BCUT2D eigenvalue weighted by Crippen LogP contribution is -2.33. The fourth-order valence-electron chi connectivity index (χ4n) is 1.27. The highest BCUT2D eigenvalue weighted by molar-refractivity contribution is 5.94. The van der Waals surface area contributed by atoms with Gasteiger partial charge in [-0.25, -0.2) is 0 Å². The Labute approximate surface area is 130 Å². The lowest BCUT2D eigenvalue weighted by atomic mass is 10.2. The van der Waals surface area contributed by atoms with Gasteiger partial charge in [-0.1, -0.05) is 0 Å². The normalized spacial score (nSPS) is 10.5. The summed E-state index contributed by atoms with van der Waals surface area (Å²) in [7, 11) is 0. The van der Waals surface area contributed by atoms with Gasteiger partial charge in [0, 0.05) is 18.7 Å². The Morgan fingerprint density at radius 2 is 2.05 bits per heavy atom. The van der Waals surface area contributed by atoms with Crippen molar-refractivity contribution in [3.8, 4) is 0 Å². The van der Waals surface area contributed by atoms with Gasteiger partial charge in [0.1, 0.15) is 0 Å². The number of hydrogen-bond donors (Lipinski definition) is 3. The number of carbonyl (C=O) groups is 2. The van der Waals surface area contributed by atoms with Crippen LogP contribution in [0.15, 0.2) is 24.5 Å². The lowest BCUT2D eigenvalue weighted by Gasteiger charge is -2.07. The molecule has 1 aromatic rings. The SMILES string of the molecule is CC(N)CCC(=O)NCC(=O)Nc1cccnc1.Cl.Cl. The van der Waals surface area contributed by atoms with Gasteiger partial charge in [-0.05, 0) is 25.5 Å². The molecule has 20 heavy (non-hydrogen) atoms. The molecule has 1 atom stereocenters. The van der Waals surface area contributed by atoms with Crippen molar-refractivity contribution in [3.05, 3.63) is 24.5 Å². The Hall–Kier alpha value is -1.37. The number of halogens is 2. The molecular weight excluding hydrogens is 303 g/mol. The fraction of sp³-hybridized carbons (Fsp3) is 0.417. The summed E-state index contributed by atoms with van der Waals surface area (Å²) in [4.78, 5) is 26.7. The molecule has 6 nitrogen and oxygen atoms in total. The summed E-state index contributed by atoms with van der Waals surface area (Å²) in [6, 6.07) is 3.43. The highest BCUT2D eigenvalue weighted by atomic mass is 35.5. The highest BCUT2D eigenvalue weighted by Crippen LogP contribution is 2.01. The first-order valence-electron chi connectivity index (χ1n) is 5.80. The minimum absolute atomic E-state index is 0. The van der Waals surface area contributed by atoms with Crippen LogP contribution in [0.5, 0.6) is 0 Å². The average Bonchev–Trinajstić information content (AvgIpc) is 2.35. The molecule has 1 unspecified atom stereocenters. The molecule has 2 amide bonds. The number of nitrogens with zero attached hydrogens (tertiary/aromatic N) is 1. The lowest BCUT2D eigenvalue weighted by molar-refractivity contribution is -0.124. The Morgan fingerprint density at radius 1 is 1.35 bits per heavy atom. The van der Waals surface area contributed by atoms with Crippen LogP contribution in [-0.2, 0) is 9.59 Å². The third-order valence-corrected chi connectivity index (χ3v) is 2.22. The molecule has 0 radical (unpaired) electrons. The number of nitrogens with two attached hydrogens (primary N) is 1. The summed E-state index contributed by atoms with van der Waals surface area (Å²) >= 11 is 0. The summed E-state index contributed by atoms with van der Waals surface area (Å²) in [6.07, 6.45) is 4.09. The summed E-state index contributed by atoms with van der Waals surface area (Å²) in [5.74, 6) is -0.453. The van der Waals surface area contributed by atoms with Crippen molar-refractivity contribution in [2.75, 3.05) is 11.9 Å². The Balaban J connectivity index is 0. The van der Waals surface area contributed by atoms with E-state index in [1.54, 1.807) is 18.3 Å². The highest BCUT2D eigenvalue weighted by Gasteiger charge is 2.06. The number of nitrogens with one attached hydrogen (secondary N) is 2. The number of anilines is 1. The van der Waals surface area contributed by atoms with Gasteiger partial charge in [0.05, 0.1) is 18.4 Å². The monoisotopic (exact) mass is 322 g/mol. The molecule has 4 N–H and O–H groups in total. The number of pyridine rings is 1. The largest absolute Gasteiger partial charge is 0.347 e. The molecule has 114 valence electrons.